The number of nitrogens with one attached hydrogen (secondary N) is 1. The molecule has 0 aromatic rings. The van der Waals surface area contributed by atoms with Crippen LogP contribution in [0.3, 0.4) is 0 Å². The van der Waals surface area contributed by atoms with E-state index in [1.54, 1.807) is 0 Å². The molecule has 1 aliphatic carbocycles. The Morgan fingerprint density at radius 3 is 2.50 bits per heavy atom. The first kappa shape index (κ1) is 14.0. The Hall–Kier alpha value is -0.0800. The number of nitrogens with zero attached hydrogens (tertiary/aromatic N) is 1. The largest absolute Gasteiger partial charge is 0.313 e. The molecular formula is C14H30N2. The van der Waals surface area contributed by atoms with Crippen molar-refractivity contribution in [1.82, 2.24) is 10.2 Å². The van der Waals surface area contributed by atoms with Crippen LogP contribution in [-0.2, 0) is 0 Å². The monoisotopic (exact) mass is 226 g/mol. The van der Waals surface area contributed by atoms with Crippen LogP contribution in [0.25, 0.3) is 0 Å². The van der Waals surface area contributed by atoms with Crippen LogP contribution in [0.15, 0.2) is 0 Å². The lowest BCUT2D eigenvalue weighted by Crippen LogP contribution is -2.42. The van der Waals surface area contributed by atoms with Crippen molar-refractivity contribution >= 4 is 0 Å². The molecule has 2 nitrogen and oxygen atoms in total. The third kappa shape index (κ3) is 4.42. The second-order valence-electron chi connectivity index (χ2n) is 6.49. The Bertz CT molecular complexity index is 199. The van der Waals surface area contributed by atoms with Crippen LogP contribution in [-0.4, -0.2) is 38.1 Å². The maximum absolute atomic E-state index is 3.80. The summed E-state index contributed by atoms with van der Waals surface area (Å²) in [7, 11) is 4.32. The summed E-state index contributed by atoms with van der Waals surface area (Å²) in [4.78, 5) is 2.29. The van der Waals surface area contributed by atoms with Crippen LogP contribution in [0.2, 0.25) is 0 Å². The summed E-state index contributed by atoms with van der Waals surface area (Å²) >= 11 is 0. The van der Waals surface area contributed by atoms with Crippen molar-refractivity contribution < 1.29 is 0 Å². The first-order chi connectivity index (χ1) is 7.44. The predicted octanol–water partition coefficient (Wildman–Crippen LogP) is 2.74. The van der Waals surface area contributed by atoms with Crippen molar-refractivity contribution in [2.24, 2.45) is 11.3 Å². The Kier molecular flexibility index (Phi) is 5.26. The summed E-state index contributed by atoms with van der Waals surface area (Å²) in [5.41, 5.74) is 0.379. The predicted molar refractivity (Wildman–Crippen MR) is 71.8 cm³/mol. The molecule has 0 saturated heterocycles. The molecule has 1 saturated carbocycles. The quantitative estimate of drug-likeness (QED) is 0.749. The van der Waals surface area contributed by atoms with Gasteiger partial charge in [-0.2, -0.15) is 0 Å². The molecule has 1 rings (SSSR count). The van der Waals surface area contributed by atoms with Crippen molar-refractivity contribution in [3.63, 3.8) is 0 Å². The van der Waals surface area contributed by atoms with Crippen molar-refractivity contribution in [3.8, 4) is 0 Å². The summed E-state index contributed by atoms with van der Waals surface area (Å²) in [6, 6.07) is 0.784. The van der Waals surface area contributed by atoms with Gasteiger partial charge in [0.25, 0.3) is 0 Å². The van der Waals surface area contributed by atoms with Crippen LogP contribution in [0, 0.1) is 11.3 Å². The molecule has 0 heterocycles. The van der Waals surface area contributed by atoms with Crippen molar-refractivity contribution in [2.75, 3.05) is 27.2 Å². The topological polar surface area (TPSA) is 15.3 Å². The van der Waals surface area contributed by atoms with E-state index in [1.807, 2.05) is 0 Å². The Labute approximate surface area is 102 Å². The van der Waals surface area contributed by atoms with Gasteiger partial charge in [-0.1, -0.05) is 33.6 Å². The van der Waals surface area contributed by atoms with Crippen molar-refractivity contribution in [2.45, 2.75) is 52.5 Å². The maximum atomic E-state index is 3.80. The fourth-order valence-electron chi connectivity index (χ4n) is 3.11. The van der Waals surface area contributed by atoms with Gasteiger partial charge in [0.15, 0.2) is 0 Å². The second-order valence-corrected chi connectivity index (χ2v) is 6.49. The van der Waals surface area contributed by atoms with E-state index in [9.17, 15) is 0 Å². The number of rotatable bonds is 6. The fourth-order valence-corrected chi connectivity index (χ4v) is 3.11. The van der Waals surface area contributed by atoms with Crippen LogP contribution >= 0.6 is 0 Å². The average Bonchev–Trinajstić information content (AvgIpc) is 2.59. The van der Waals surface area contributed by atoms with Gasteiger partial charge in [-0.05, 0) is 38.3 Å². The molecule has 0 aliphatic heterocycles. The van der Waals surface area contributed by atoms with E-state index in [2.05, 4.69) is 45.1 Å². The van der Waals surface area contributed by atoms with Gasteiger partial charge in [0.2, 0.25) is 0 Å². The molecule has 1 fully saturated rings. The summed E-state index contributed by atoms with van der Waals surface area (Å²) in [6.45, 7) is 9.34. The third-order valence-corrected chi connectivity index (χ3v) is 3.77. The van der Waals surface area contributed by atoms with Crippen molar-refractivity contribution in [3.05, 3.63) is 0 Å². The van der Waals surface area contributed by atoms with E-state index < -0.39 is 0 Å². The highest BCUT2D eigenvalue weighted by Crippen LogP contribution is 2.28. The first-order valence-electron chi connectivity index (χ1n) is 6.83. The normalized spacial score (nSPS) is 26.6. The SMILES string of the molecule is CCC1CCCC1NCC(C)(C)CN(C)C. The zero-order valence-corrected chi connectivity index (χ0v) is 11.8. The summed E-state index contributed by atoms with van der Waals surface area (Å²) in [5.74, 6) is 0.926. The highest BCUT2D eigenvalue weighted by molar-refractivity contribution is 4.85. The van der Waals surface area contributed by atoms with Crippen LogP contribution < -0.4 is 5.32 Å². The van der Waals surface area contributed by atoms with Gasteiger partial charge >= 0.3 is 0 Å². The maximum Gasteiger partial charge on any atom is 0.00954 e. The van der Waals surface area contributed by atoms with E-state index in [4.69, 9.17) is 0 Å². The molecular weight excluding hydrogens is 196 g/mol. The molecule has 0 spiro atoms. The Morgan fingerprint density at radius 1 is 1.25 bits per heavy atom. The molecule has 96 valence electrons. The minimum absolute atomic E-state index is 0.379. The fraction of sp³-hybridized carbons (Fsp3) is 1.00. The molecule has 0 amide bonds. The highest BCUT2D eigenvalue weighted by Gasteiger charge is 2.27. The summed E-state index contributed by atoms with van der Waals surface area (Å²) < 4.78 is 0. The molecule has 16 heavy (non-hydrogen) atoms. The van der Waals surface area contributed by atoms with Crippen LogP contribution in [0.5, 0.6) is 0 Å². The number of hydrogen-bond donors (Lipinski definition) is 1. The smallest absolute Gasteiger partial charge is 0.00954 e. The molecule has 1 N–H and O–H groups in total. The molecule has 0 aromatic heterocycles. The van der Waals surface area contributed by atoms with E-state index in [1.165, 1.54) is 25.7 Å². The zero-order chi connectivity index (χ0) is 12.2. The molecule has 0 bridgehead atoms. The molecule has 0 aromatic carbocycles. The first-order valence-corrected chi connectivity index (χ1v) is 6.83. The van der Waals surface area contributed by atoms with Gasteiger partial charge in [-0.3, -0.25) is 0 Å². The lowest BCUT2D eigenvalue weighted by atomic mass is 9.91. The molecule has 2 heteroatoms. The van der Waals surface area contributed by atoms with E-state index in [0.717, 1.165) is 25.0 Å². The molecule has 0 radical (unpaired) electrons. The standard InChI is InChI=1S/C14H30N2/c1-6-12-8-7-9-13(12)15-10-14(2,3)11-16(4)5/h12-13,15H,6-11H2,1-5H3. The number of hydrogen-bond acceptors (Lipinski definition) is 2. The van der Waals surface area contributed by atoms with Gasteiger partial charge in [0, 0.05) is 19.1 Å². The van der Waals surface area contributed by atoms with Gasteiger partial charge < -0.3 is 10.2 Å². The van der Waals surface area contributed by atoms with Gasteiger partial charge in [-0.15, -0.1) is 0 Å². The summed E-state index contributed by atoms with van der Waals surface area (Å²) in [6.07, 6.45) is 5.58. The second kappa shape index (κ2) is 6.02. The van der Waals surface area contributed by atoms with Gasteiger partial charge in [-0.25, -0.2) is 0 Å². The Morgan fingerprint density at radius 2 is 1.94 bits per heavy atom. The van der Waals surface area contributed by atoms with Gasteiger partial charge in [0.1, 0.15) is 0 Å². The van der Waals surface area contributed by atoms with Gasteiger partial charge in [0.05, 0.1) is 0 Å². The third-order valence-electron chi connectivity index (χ3n) is 3.77. The minimum Gasteiger partial charge on any atom is -0.313 e. The van der Waals surface area contributed by atoms with Crippen LogP contribution in [0.1, 0.15) is 46.5 Å². The van der Waals surface area contributed by atoms with E-state index in [-0.39, 0.29) is 0 Å². The minimum atomic E-state index is 0.379. The Balaban J connectivity index is 2.32. The molecule has 1 aliphatic rings. The van der Waals surface area contributed by atoms with E-state index >= 15 is 0 Å². The molecule has 2 atom stereocenters. The summed E-state index contributed by atoms with van der Waals surface area (Å²) in [5, 5.41) is 3.80. The molecule has 2 unspecified atom stereocenters. The van der Waals surface area contributed by atoms with E-state index in [0.29, 0.717) is 5.41 Å². The van der Waals surface area contributed by atoms with Crippen LogP contribution in [0.4, 0.5) is 0 Å². The zero-order valence-electron chi connectivity index (χ0n) is 11.8. The van der Waals surface area contributed by atoms with Crippen molar-refractivity contribution in [1.29, 1.82) is 0 Å². The average molecular weight is 226 g/mol. The lowest BCUT2D eigenvalue weighted by Gasteiger charge is -2.31. The lowest BCUT2D eigenvalue weighted by molar-refractivity contribution is 0.217. The highest BCUT2D eigenvalue weighted by atomic mass is 15.1.